The quantitative estimate of drug-likeness (QED) is 0.0162. The van der Waals surface area contributed by atoms with Crippen molar-refractivity contribution in [1.29, 1.82) is 0 Å². The Labute approximate surface area is 515 Å². The molecular formula is C59H86N16O14. The minimum absolute atomic E-state index is 0.000374. The fourth-order valence-corrected chi connectivity index (χ4v) is 9.61. The molecule has 3 aromatic rings. The smallest absolute Gasteiger partial charge is 0.326 e. The molecule has 0 spiro atoms. The average Bonchev–Trinajstić information content (AvgIpc) is 2.29. The number of aliphatic imine (C=N–C) groups is 2. The second-order valence-corrected chi connectivity index (χ2v) is 22.4. The number of nitrogens with one attached hydrogen (secondary N) is 7. The fourth-order valence-electron chi connectivity index (χ4n) is 9.61. The molecule has 0 bridgehead atoms. The molecule has 0 aromatic heterocycles. The van der Waals surface area contributed by atoms with Gasteiger partial charge in [0.25, 0.3) is 0 Å². The predicted octanol–water partition coefficient (Wildman–Crippen LogP) is -2.69. The largest absolute Gasteiger partial charge is 0.508 e. The summed E-state index contributed by atoms with van der Waals surface area (Å²) in [6, 6.07) is 4.79. The molecule has 1 heterocycles. The summed E-state index contributed by atoms with van der Waals surface area (Å²) in [5, 5.41) is 58.3. The first kappa shape index (κ1) is 71.7. The van der Waals surface area contributed by atoms with Gasteiger partial charge in [-0.25, -0.2) is 4.79 Å². The molecule has 0 aliphatic carbocycles. The number of nitrogens with two attached hydrogens (primary N) is 6. The van der Waals surface area contributed by atoms with Crippen LogP contribution in [-0.2, 0) is 67.2 Å². The number of carbonyl (C=O) groups excluding carboxylic acids is 9. The van der Waals surface area contributed by atoms with E-state index in [-0.39, 0.29) is 107 Å². The molecule has 1 aliphatic heterocycles. The molecule has 1 aliphatic rings. The number of aromatic hydroxyl groups is 3. The number of phenols is 3. The summed E-state index contributed by atoms with van der Waals surface area (Å²) in [5.74, 6) is -10.7. The highest BCUT2D eigenvalue weighted by Gasteiger charge is 2.41. The van der Waals surface area contributed by atoms with Crippen LogP contribution in [0.2, 0.25) is 0 Å². The first-order valence-electron chi connectivity index (χ1n) is 29.2. The lowest BCUT2D eigenvalue weighted by Crippen LogP contribution is -2.61. The number of guanidine groups is 2. The summed E-state index contributed by atoms with van der Waals surface area (Å²) in [6.07, 6.45) is -0.525. The van der Waals surface area contributed by atoms with E-state index < -0.39 is 132 Å². The molecule has 3 aromatic carbocycles. The lowest BCUT2D eigenvalue weighted by atomic mass is 9.99. The number of primary amides is 1. The lowest BCUT2D eigenvalue weighted by Gasteiger charge is -2.32. The van der Waals surface area contributed by atoms with Gasteiger partial charge < -0.3 is 96.9 Å². The third-order valence-electron chi connectivity index (χ3n) is 14.5. The monoisotopic (exact) mass is 1240 g/mol. The number of benzene rings is 3. The first-order chi connectivity index (χ1) is 42.0. The van der Waals surface area contributed by atoms with Crippen molar-refractivity contribution in [3.05, 3.63) is 89.5 Å². The normalized spacial score (nSPS) is 15.5. The van der Waals surface area contributed by atoms with E-state index in [1.807, 2.05) is 0 Å². The first-order valence-corrected chi connectivity index (χ1v) is 29.2. The topological polar surface area (TPSA) is 520 Å². The summed E-state index contributed by atoms with van der Waals surface area (Å²) in [7, 11) is 0. The van der Waals surface area contributed by atoms with E-state index >= 15 is 0 Å². The number of aliphatic carboxylic acids is 1. The molecule has 9 amide bonds. The SMILES string of the molecule is CC(C)[C@H](NC(=O)[C@@H](N)CCCN=C(N)N)C(=O)N[C@@H](Cc1ccc(O)cc1)C(=O)N[C@@H](CCC(N)=O)C(=O)N1CCC[C@H]1C(=O)N[C@H](C(=O)N[C@@H](CCCN=C(N)N)C(=O)N[C@@H](Cc1ccc(O)cc1)C(=O)N[C@@H](Cc1ccc(O)cc1)C(=O)O)C(C)C. The van der Waals surface area contributed by atoms with Gasteiger partial charge in [0.2, 0.25) is 53.2 Å². The van der Waals surface area contributed by atoms with Gasteiger partial charge in [-0.3, -0.25) is 53.1 Å². The van der Waals surface area contributed by atoms with Crippen molar-refractivity contribution in [2.45, 2.75) is 153 Å². The standard InChI is InChI=1S/C59H86N16O14/c1-31(2)47(73-49(80)39(60)8-5-25-66-58(62)63)55(86)71-43(29-34-13-19-37(77)20-14-34)51(82)69-41(23-24-46(61)79)56(87)75-27-7-10-45(75)53(84)74-48(32(3)4)54(85)68-40(9-6-26-67-59(64)65)50(81)70-42(28-33-11-17-36(76)18-12-33)52(83)72-44(57(88)89)30-35-15-21-38(78)22-16-35/h11-22,31-32,39-45,47-48,76-78H,5-10,23-30,60H2,1-4H3,(H2,61,79)(H,68,85)(H,69,82)(H,70,81)(H,71,86)(H,72,83)(H,73,80)(H,74,84)(H,88,89)(H4,62,63,66)(H4,64,65,67)/t39-,40-,41-,42-,43-,44-,45-,47-,48-/m0/s1. The van der Waals surface area contributed by atoms with Gasteiger partial charge in [0.05, 0.1) is 6.04 Å². The Balaban J connectivity index is 1.58. The molecule has 0 saturated carbocycles. The molecule has 89 heavy (non-hydrogen) atoms. The molecular weight excluding hydrogens is 1160 g/mol. The molecule has 30 nitrogen and oxygen atoms in total. The maximum absolute atomic E-state index is 14.7. The van der Waals surface area contributed by atoms with Crippen LogP contribution in [0.1, 0.15) is 95.8 Å². The number of likely N-dealkylation sites (tertiary alicyclic amines) is 1. The van der Waals surface area contributed by atoms with Crippen molar-refractivity contribution >= 4 is 71.1 Å². The molecule has 0 radical (unpaired) electrons. The second-order valence-electron chi connectivity index (χ2n) is 22.4. The average molecular weight is 1240 g/mol. The van der Waals surface area contributed by atoms with Crippen LogP contribution in [0.5, 0.6) is 17.2 Å². The third-order valence-corrected chi connectivity index (χ3v) is 14.5. The molecule has 0 unspecified atom stereocenters. The van der Waals surface area contributed by atoms with E-state index in [4.69, 9.17) is 34.4 Å². The van der Waals surface area contributed by atoms with Crippen LogP contribution >= 0.6 is 0 Å². The Kier molecular flexibility index (Phi) is 28.3. The summed E-state index contributed by atoms with van der Waals surface area (Å²) in [4.78, 5) is 148. The minimum atomic E-state index is -1.52. The summed E-state index contributed by atoms with van der Waals surface area (Å²) >= 11 is 0. The van der Waals surface area contributed by atoms with Gasteiger partial charge in [0, 0.05) is 45.3 Å². The Bertz CT molecular complexity index is 2970. The van der Waals surface area contributed by atoms with Gasteiger partial charge in [-0.05, 0) is 110 Å². The fraction of sp³-hybridized carbons (Fsp3) is 0.492. The van der Waals surface area contributed by atoms with E-state index in [1.54, 1.807) is 27.7 Å². The number of phenolic OH excluding ortho intramolecular Hbond substituents is 3. The number of nitrogens with zero attached hydrogens (tertiary/aromatic N) is 3. The van der Waals surface area contributed by atoms with Crippen LogP contribution in [0.3, 0.4) is 0 Å². The number of amides is 9. The molecule has 30 heteroatoms. The van der Waals surface area contributed by atoms with Gasteiger partial charge in [0.15, 0.2) is 11.9 Å². The van der Waals surface area contributed by atoms with Gasteiger partial charge in [-0.15, -0.1) is 0 Å². The number of carboxylic acid groups (broad SMARTS) is 1. The highest BCUT2D eigenvalue weighted by Crippen LogP contribution is 2.22. The van der Waals surface area contributed by atoms with E-state index in [1.165, 1.54) is 77.7 Å². The van der Waals surface area contributed by atoms with Gasteiger partial charge in [-0.2, -0.15) is 0 Å². The molecule has 23 N–H and O–H groups in total. The summed E-state index contributed by atoms with van der Waals surface area (Å²) in [5.41, 5.74) is 34.9. The van der Waals surface area contributed by atoms with Gasteiger partial charge in [-0.1, -0.05) is 64.1 Å². The minimum Gasteiger partial charge on any atom is -0.508 e. The highest BCUT2D eigenvalue weighted by atomic mass is 16.4. The Morgan fingerprint density at radius 1 is 0.506 bits per heavy atom. The maximum atomic E-state index is 14.7. The zero-order valence-electron chi connectivity index (χ0n) is 50.4. The summed E-state index contributed by atoms with van der Waals surface area (Å²) in [6.45, 7) is 6.73. The molecule has 1 fully saturated rings. The summed E-state index contributed by atoms with van der Waals surface area (Å²) < 4.78 is 0. The van der Waals surface area contributed by atoms with Gasteiger partial charge >= 0.3 is 5.97 Å². The Morgan fingerprint density at radius 2 is 0.899 bits per heavy atom. The highest BCUT2D eigenvalue weighted by molar-refractivity contribution is 5.99. The van der Waals surface area contributed by atoms with E-state index in [2.05, 4.69) is 47.2 Å². The third kappa shape index (κ3) is 24.2. The van der Waals surface area contributed by atoms with Crippen LogP contribution in [0.4, 0.5) is 0 Å². The van der Waals surface area contributed by atoms with E-state index in [0.29, 0.717) is 23.1 Å². The second kappa shape index (κ2) is 35.2. The van der Waals surface area contributed by atoms with Crippen LogP contribution in [-0.4, -0.2) is 170 Å². The van der Waals surface area contributed by atoms with E-state index in [9.17, 15) is 68.4 Å². The molecule has 9 atom stereocenters. The van der Waals surface area contributed by atoms with Crippen molar-refractivity contribution in [1.82, 2.24) is 42.1 Å². The molecule has 486 valence electrons. The van der Waals surface area contributed by atoms with Crippen molar-refractivity contribution in [3.8, 4) is 17.2 Å². The van der Waals surface area contributed by atoms with Crippen molar-refractivity contribution in [2.24, 2.45) is 56.2 Å². The number of rotatable bonds is 35. The van der Waals surface area contributed by atoms with Crippen LogP contribution < -0.4 is 71.6 Å². The zero-order chi connectivity index (χ0) is 66.1. The van der Waals surface area contributed by atoms with Crippen molar-refractivity contribution in [3.63, 3.8) is 0 Å². The Hall–Kier alpha value is -9.74. The number of carboxylic acids is 1. The predicted molar refractivity (Wildman–Crippen MR) is 327 cm³/mol. The number of hydrogen-bond donors (Lipinski definition) is 17. The van der Waals surface area contributed by atoms with Crippen molar-refractivity contribution in [2.75, 3.05) is 19.6 Å². The lowest BCUT2D eigenvalue weighted by molar-refractivity contribution is -0.143. The van der Waals surface area contributed by atoms with Crippen LogP contribution in [0.25, 0.3) is 0 Å². The van der Waals surface area contributed by atoms with E-state index in [0.717, 1.165) is 0 Å². The number of carbonyl (C=O) groups is 10. The molecule has 1 saturated heterocycles. The van der Waals surface area contributed by atoms with Crippen LogP contribution in [0, 0.1) is 11.8 Å². The van der Waals surface area contributed by atoms with Crippen LogP contribution in [0.15, 0.2) is 82.8 Å². The van der Waals surface area contributed by atoms with Gasteiger partial charge in [0.1, 0.15) is 65.6 Å². The zero-order valence-corrected chi connectivity index (χ0v) is 50.4. The molecule has 4 rings (SSSR count). The maximum Gasteiger partial charge on any atom is 0.326 e. The Morgan fingerprint density at radius 3 is 1.34 bits per heavy atom. The van der Waals surface area contributed by atoms with Crippen molar-refractivity contribution < 1.29 is 68.4 Å². The number of hydrogen-bond acceptors (Lipinski definition) is 16.